The molecule has 0 spiro atoms. The summed E-state index contributed by atoms with van der Waals surface area (Å²) in [5, 5.41) is 6.29. The zero-order valence-corrected chi connectivity index (χ0v) is 13.9. The van der Waals surface area contributed by atoms with Crippen molar-refractivity contribution in [2.24, 2.45) is 5.92 Å². The molecule has 0 bridgehead atoms. The average molecular weight is 337 g/mol. The summed E-state index contributed by atoms with van der Waals surface area (Å²) in [6, 6.07) is 6.86. The number of nitrogens with one attached hydrogen (secondary N) is 2. The Bertz CT molecular complexity index is 669. The molecule has 0 saturated carbocycles. The number of anilines is 1. The molecule has 0 aromatic heterocycles. The minimum atomic E-state index is -3.22. The Morgan fingerprint density at radius 2 is 2.22 bits per heavy atom. The maximum Gasteiger partial charge on any atom is 0.251 e. The van der Waals surface area contributed by atoms with Crippen LogP contribution in [0.5, 0.6) is 0 Å². The zero-order valence-electron chi connectivity index (χ0n) is 13.1. The lowest BCUT2D eigenvalue weighted by molar-refractivity contribution is 0.0945. The van der Waals surface area contributed by atoms with Crippen LogP contribution in [0.1, 0.15) is 29.6 Å². The highest BCUT2D eigenvalue weighted by Gasteiger charge is 2.28. The molecule has 2 heterocycles. The standard InChI is InChI=1S/C16H23N3O3S/c20-16(18-12-13-4-2-7-17-11-13)14-5-1-6-15(10-14)19-8-3-9-23(19,21)22/h1,5-6,10,13,17H,2-4,7-9,11-12H2,(H,18,20). The molecule has 2 aliphatic rings. The van der Waals surface area contributed by atoms with E-state index in [1.807, 2.05) is 0 Å². The molecule has 1 aromatic carbocycles. The highest BCUT2D eigenvalue weighted by atomic mass is 32.2. The molecule has 3 rings (SSSR count). The van der Waals surface area contributed by atoms with E-state index < -0.39 is 10.0 Å². The summed E-state index contributed by atoms with van der Waals surface area (Å²) in [7, 11) is -3.22. The molecular formula is C16H23N3O3S. The largest absolute Gasteiger partial charge is 0.352 e. The van der Waals surface area contributed by atoms with Gasteiger partial charge in [0.2, 0.25) is 10.0 Å². The molecule has 1 aromatic rings. The summed E-state index contributed by atoms with van der Waals surface area (Å²) in [6.45, 7) is 3.13. The van der Waals surface area contributed by atoms with Gasteiger partial charge in [-0.1, -0.05) is 6.07 Å². The van der Waals surface area contributed by atoms with Gasteiger partial charge in [-0.05, 0) is 56.5 Å². The summed E-state index contributed by atoms with van der Waals surface area (Å²) in [6.07, 6.45) is 2.90. The first kappa shape index (κ1) is 16.3. The van der Waals surface area contributed by atoms with E-state index in [4.69, 9.17) is 0 Å². The van der Waals surface area contributed by atoms with E-state index in [0.717, 1.165) is 25.9 Å². The molecule has 0 radical (unpaired) electrons. The highest BCUT2D eigenvalue weighted by Crippen LogP contribution is 2.24. The normalized spacial score (nSPS) is 23.7. The van der Waals surface area contributed by atoms with E-state index in [9.17, 15) is 13.2 Å². The Labute approximate surface area is 137 Å². The fourth-order valence-corrected chi connectivity index (χ4v) is 4.73. The van der Waals surface area contributed by atoms with Crippen molar-refractivity contribution in [1.82, 2.24) is 10.6 Å². The van der Waals surface area contributed by atoms with Crippen LogP contribution in [0, 0.1) is 5.92 Å². The molecule has 2 fully saturated rings. The smallest absolute Gasteiger partial charge is 0.251 e. The molecule has 0 aliphatic carbocycles. The van der Waals surface area contributed by atoms with Gasteiger partial charge in [0.1, 0.15) is 0 Å². The monoisotopic (exact) mass is 337 g/mol. The summed E-state index contributed by atoms with van der Waals surface area (Å²) < 4.78 is 25.4. The Kier molecular flexibility index (Phi) is 4.87. The van der Waals surface area contributed by atoms with Crippen molar-refractivity contribution in [3.8, 4) is 0 Å². The topological polar surface area (TPSA) is 78.5 Å². The maximum atomic E-state index is 12.3. The van der Waals surface area contributed by atoms with Gasteiger partial charge in [0.05, 0.1) is 11.4 Å². The second-order valence-corrected chi connectivity index (χ2v) is 8.23. The van der Waals surface area contributed by atoms with Gasteiger partial charge < -0.3 is 10.6 Å². The van der Waals surface area contributed by atoms with Gasteiger partial charge in [0.25, 0.3) is 5.91 Å². The van der Waals surface area contributed by atoms with E-state index in [0.29, 0.717) is 36.7 Å². The van der Waals surface area contributed by atoms with E-state index >= 15 is 0 Å². The molecule has 2 saturated heterocycles. The molecule has 1 atom stereocenters. The third-order valence-electron chi connectivity index (χ3n) is 4.45. The van der Waals surface area contributed by atoms with Gasteiger partial charge in [0, 0.05) is 18.7 Å². The van der Waals surface area contributed by atoms with Crippen molar-refractivity contribution in [2.75, 3.05) is 36.2 Å². The van der Waals surface area contributed by atoms with Crippen molar-refractivity contribution < 1.29 is 13.2 Å². The highest BCUT2D eigenvalue weighted by molar-refractivity contribution is 7.93. The van der Waals surface area contributed by atoms with Gasteiger partial charge in [-0.2, -0.15) is 0 Å². The fraction of sp³-hybridized carbons (Fsp3) is 0.562. The number of sulfonamides is 1. The summed E-state index contributed by atoms with van der Waals surface area (Å²) >= 11 is 0. The summed E-state index contributed by atoms with van der Waals surface area (Å²) in [4.78, 5) is 12.3. The van der Waals surface area contributed by atoms with E-state index in [2.05, 4.69) is 10.6 Å². The predicted octanol–water partition coefficient (Wildman–Crippen LogP) is 0.956. The Balaban J connectivity index is 1.65. The Hall–Kier alpha value is -1.60. The first-order chi connectivity index (χ1) is 11.1. The number of hydrogen-bond donors (Lipinski definition) is 2. The molecule has 1 unspecified atom stereocenters. The minimum absolute atomic E-state index is 0.144. The molecule has 23 heavy (non-hydrogen) atoms. The molecule has 1 amide bonds. The van der Waals surface area contributed by atoms with Crippen LogP contribution in [0.15, 0.2) is 24.3 Å². The zero-order chi connectivity index (χ0) is 16.3. The van der Waals surface area contributed by atoms with Gasteiger partial charge in [-0.15, -0.1) is 0 Å². The Morgan fingerprint density at radius 3 is 2.91 bits per heavy atom. The van der Waals surface area contributed by atoms with Crippen LogP contribution < -0.4 is 14.9 Å². The van der Waals surface area contributed by atoms with Crippen LogP contribution >= 0.6 is 0 Å². The Morgan fingerprint density at radius 1 is 1.35 bits per heavy atom. The predicted molar refractivity (Wildman–Crippen MR) is 90.1 cm³/mol. The lowest BCUT2D eigenvalue weighted by Crippen LogP contribution is -2.38. The third-order valence-corrected chi connectivity index (χ3v) is 6.32. The molecule has 2 aliphatic heterocycles. The van der Waals surface area contributed by atoms with E-state index in [-0.39, 0.29) is 11.7 Å². The van der Waals surface area contributed by atoms with Crippen LogP contribution in [0.25, 0.3) is 0 Å². The number of amides is 1. The quantitative estimate of drug-likeness (QED) is 0.858. The molecule has 126 valence electrons. The van der Waals surface area contributed by atoms with E-state index in [1.54, 1.807) is 24.3 Å². The van der Waals surface area contributed by atoms with Crippen LogP contribution in [0.3, 0.4) is 0 Å². The lowest BCUT2D eigenvalue weighted by atomic mass is 9.99. The van der Waals surface area contributed by atoms with E-state index in [1.165, 1.54) is 4.31 Å². The van der Waals surface area contributed by atoms with Crippen molar-refractivity contribution in [3.05, 3.63) is 29.8 Å². The van der Waals surface area contributed by atoms with Crippen LogP contribution in [0.2, 0.25) is 0 Å². The first-order valence-electron chi connectivity index (χ1n) is 8.16. The second-order valence-electron chi connectivity index (χ2n) is 6.21. The number of piperidine rings is 1. The summed E-state index contributed by atoms with van der Waals surface area (Å²) in [5.74, 6) is 0.502. The van der Waals surface area contributed by atoms with Crippen LogP contribution in [0.4, 0.5) is 5.69 Å². The number of rotatable bonds is 4. The molecule has 2 N–H and O–H groups in total. The summed E-state index contributed by atoms with van der Waals surface area (Å²) in [5.41, 5.74) is 1.09. The number of carbonyl (C=O) groups excluding carboxylic acids is 1. The van der Waals surface area contributed by atoms with Crippen LogP contribution in [-0.4, -0.2) is 46.3 Å². The molecular weight excluding hydrogens is 314 g/mol. The van der Waals surface area contributed by atoms with Gasteiger partial charge in [-0.25, -0.2) is 8.42 Å². The number of nitrogens with zero attached hydrogens (tertiary/aromatic N) is 1. The average Bonchev–Trinajstić information content (AvgIpc) is 2.93. The molecule has 7 heteroatoms. The van der Waals surface area contributed by atoms with Crippen LogP contribution in [-0.2, 0) is 10.0 Å². The van der Waals surface area contributed by atoms with Crippen molar-refractivity contribution >= 4 is 21.6 Å². The maximum absolute atomic E-state index is 12.3. The van der Waals surface area contributed by atoms with Gasteiger partial charge in [-0.3, -0.25) is 9.10 Å². The molecule has 6 nitrogen and oxygen atoms in total. The minimum Gasteiger partial charge on any atom is -0.352 e. The fourth-order valence-electron chi connectivity index (χ4n) is 3.17. The second kappa shape index (κ2) is 6.88. The SMILES string of the molecule is O=C(NCC1CCCNC1)c1cccc(N2CCCS2(=O)=O)c1. The van der Waals surface area contributed by atoms with Crippen molar-refractivity contribution in [3.63, 3.8) is 0 Å². The lowest BCUT2D eigenvalue weighted by Gasteiger charge is -2.23. The number of benzene rings is 1. The van der Waals surface area contributed by atoms with Gasteiger partial charge >= 0.3 is 0 Å². The third kappa shape index (κ3) is 3.84. The number of hydrogen-bond acceptors (Lipinski definition) is 4. The van der Waals surface area contributed by atoms with Crippen molar-refractivity contribution in [2.45, 2.75) is 19.3 Å². The van der Waals surface area contributed by atoms with Gasteiger partial charge in [0.15, 0.2) is 0 Å². The number of carbonyl (C=O) groups is 1. The first-order valence-corrected chi connectivity index (χ1v) is 9.76. The van der Waals surface area contributed by atoms with Crippen molar-refractivity contribution in [1.29, 1.82) is 0 Å².